The molecule has 2 atom stereocenters. The van der Waals surface area contributed by atoms with E-state index in [0.717, 1.165) is 0 Å². The highest BCUT2D eigenvalue weighted by molar-refractivity contribution is 5.96. The molecule has 0 saturated heterocycles. The number of hydrogen-bond donors (Lipinski definition) is 1. The van der Waals surface area contributed by atoms with Gasteiger partial charge in [0.2, 0.25) is 0 Å². The molecule has 0 spiro atoms. The molecule has 0 radical (unpaired) electrons. The van der Waals surface area contributed by atoms with Crippen LogP contribution in [-0.2, 0) is 14.3 Å². The first-order chi connectivity index (χ1) is 12.0. The largest absolute Gasteiger partial charge is 0.479 e. The van der Waals surface area contributed by atoms with Gasteiger partial charge < -0.3 is 14.8 Å². The highest BCUT2D eigenvalue weighted by Crippen LogP contribution is 2.15. The molecule has 0 bridgehead atoms. The van der Waals surface area contributed by atoms with Gasteiger partial charge in [0.15, 0.2) is 12.2 Å². The van der Waals surface area contributed by atoms with Crippen LogP contribution in [0.3, 0.4) is 0 Å². The van der Waals surface area contributed by atoms with Gasteiger partial charge in [-0.15, -0.1) is 0 Å². The Morgan fingerprint density at radius 2 is 1.64 bits per heavy atom. The van der Waals surface area contributed by atoms with Crippen LogP contribution in [0.15, 0.2) is 54.6 Å². The maximum atomic E-state index is 12.2. The molecule has 0 aromatic heterocycles. The average Bonchev–Trinajstić information content (AvgIpc) is 2.62. The Hall–Kier alpha value is -3.33. The Kier molecular flexibility index (Phi) is 6.13. The number of amides is 1. The summed E-state index contributed by atoms with van der Waals surface area (Å²) >= 11 is 0. The number of nitrogens with one attached hydrogen (secondary N) is 1. The predicted octanol–water partition coefficient (Wildman–Crippen LogP) is 2.90. The first kappa shape index (κ1) is 18.0. The van der Waals surface area contributed by atoms with Crippen LogP contribution in [0.2, 0.25) is 0 Å². The normalized spacial score (nSPS) is 12.4. The Labute approximate surface area is 146 Å². The number of ether oxygens (including phenoxy) is 2. The van der Waals surface area contributed by atoms with E-state index >= 15 is 0 Å². The number of carbonyl (C=O) groups is 2. The third-order valence-electron chi connectivity index (χ3n) is 3.36. The van der Waals surface area contributed by atoms with E-state index in [9.17, 15) is 9.59 Å². The van der Waals surface area contributed by atoms with Crippen molar-refractivity contribution in [1.82, 2.24) is 0 Å². The lowest BCUT2D eigenvalue weighted by Crippen LogP contribution is -2.35. The van der Waals surface area contributed by atoms with E-state index in [1.54, 1.807) is 55.5 Å². The van der Waals surface area contributed by atoms with E-state index < -0.39 is 24.1 Å². The number of nitrogens with zero attached hydrogens (tertiary/aromatic N) is 1. The summed E-state index contributed by atoms with van der Waals surface area (Å²) in [7, 11) is 0. The van der Waals surface area contributed by atoms with Crippen molar-refractivity contribution in [2.75, 3.05) is 5.32 Å². The van der Waals surface area contributed by atoms with E-state index in [1.807, 2.05) is 12.1 Å². The number of nitriles is 1. The third-order valence-corrected chi connectivity index (χ3v) is 3.36. The van der Waals surface area contributed by atoms with Gasteiger partial charge in [-0.3, -0.25) is 4.79 Å². The summed E-state index contributed by atoms with van der Waals surface area (Å²) in [5.74, 6) is -0.643. The van der Waals surface area contributed by atoms with Gasteiger partial charge in [-0.25, -0.2) is 4.79 Å². The molecule has 6 nitrogen and oxygen atoms in total. The summed E-state index contributed by atoms with van der Waals surface area (Å²) in [6.45, 7) is 3.00. The Morgan fingerprint density at radius 3 is 2.32 bits per heavy atom. The van der Waals surface area contributed by atoms with Gasteiger partial charge in [0, 0.05) is 0 Å². The Balaban J connectivity index is 1.92. The monoisotopic (exact) mass is 338 g/mol. The summed E-state index contributed by atoms with van der Waals surface area (Å²) in [5, 5.41) is 11.6. The van der Waals surface area contributed by atoms with E-state index in [4.69, 9.17) is 14.7 Å². The minimum absolute atomic E-state index is 0.329. The van der Waals surface area contributed by atoms with Gasteiger partial charge in [0.1, 0.15) is 11.8 Å². The van der Waals surface area contributed by atoms with E-state index in [-0.39, 0.29) is 0 Å². The smallest absolute Gasteiger partial charge is 0.347 e. The van der Waals surface area contributed by atoms with Crippen molar-refractivity contribution in [2.45, 2.75) is 26.1 Å². The minimum Gasteiger partial charge on any atom is -0.479 e. The molecule has 2 rings (SSSR count). The maximum absolute atomic E-state index is 12.2. The Morgan fingerprint density at radius 1 is 1.00 bits per heavy atom. The van der Waals surface area contributed by atoms with Crippen LogP contribution in [0, 0.1) is 11.3 Å². The highest BCUT2D eigenvalue weighted by atomic mass is 16.6. The van der Waals surface area contributed by atoms with Gasteiger partial charge in [-0.05, 0) is 38.1 Å². The van der Waals surface area contributed by atoms with Crippen molar-refractivity contribution in [2.24, 2.45) is 0 Å². The SMILES string of the molecule is C[C@H](OC(=O)[C@@H](C)Oc1ccccc1)C(=O)Nc1ccccc1C#N. The topological polar surface area (TPSA) is 88.4 Å². The van der Waals surface area contributed by atoms with Gasteiger partial charge in [0.25, 0.3) is 5.91 Å². The van der Waals surface area contributed by atoms with Crippen LogP contribution in [0.5, 0.6) is 5.75 Å². The zero-order chi connectivity index (χ0) is 18.2. The van der Waals surface area contributed by atoms with E-state index in [2.05, 4.69) is 5.32 Å². The van der Waals surface area contributed by atoms with Crippen molar-refractivity contribution in [3.8, 4) is 11.8 Å². The number of anilines is 1. The molecule has 0 aliphatic rings. The van der Waals surface area contributed by atoms with E-state index in [1.165, 1.54) is 6.92 Å². The number of esters is 1. The van der Waals surface area contributed by atoms with Crippen LogP contribution in [0.25, 0.3) is 0 Å². The molecular formula is C19H18N2O4. The average molecular weight is 338 g/mol. The number of rotatable bonds is 6. The Bertz CT molecular complexity index is 784. The van der Waals surface area contributed by atoms with Crippen LogP contribution < -0.4 is 10.1 Å². The lowest BCUT2D eigenvalue weighted by Gasteiger charge is -2.18. The van der Waals surface area contributed by atoms with Gasteiger partial charge in [0.05, 0.1) is 11.3 Å². The second kappa shape index (κ2) is 8.50. The fraction of sp³-hybridized carbons (Fsp3) is 0.211. The van der Waals surface area contributed by atoms with Crippen LogP contribution in [-0.4, -0.2) is 24.1 Å². The van der Waals surface area contributed by atoms with Gasteiger partial charge in [-0.2, -0.15) is 5.26 Å². The van der Waals surface area contributed by atoms with Crippen LogP contribution >= 0.6 is 0 Å². The second-order valence-corrected chi connectivity index (χ2v) is 5.30. The lowest BCUT2D eigenvalue weighted by atomic mass is 10.2. The molecule has 0 unspecified atom stereocenters. The molecule has 1 N–H and O–H groups in total. The zero-order valence-corrected chi connectivity index (χ0v) is 13.9. The van der Waals surface area contributed by atoms with Gasteiger partial charge in [-0.1, -0.05) is 30.3 Å². The molecule has 0 fully saturated rings. The third kappa shape index (κ3) is 5.08. The molecule has 0 aliphatic carbocycles. The van der Waals surface area contributed by atoms with Crippen molar-refractivity contribution in [3.05, 3.63) is 60.2 Å². The fourth-order valence-electron chi connectivity index (χ4n) is 2.00. The van der Waals surface area contributed by atoms with Crippen molar-refractivity contribution in [3.63, 3.8) is 0 Å². The quantitative estimate of drug-likeness (QED) is 0.818. The molecular weight excluding hydrogens is 320 g/mol. The van der Waals surface area contributed by atoms with Crippen LogP contribution in [0.4, 0.5) is 5.69 Å². The molecule has 0 heterocycles. The number of hydrogen-bond acceptors (Lipinski definition) is 5. The van der Waals surface area contributed by atoms with Crippen molar-refractivity contribution >= 4 is 17.6 Å². The number of benzene rings is 2. The lowest BCUT2D eigenvalue weighted by molar-refractivity contribution is -0.159. The molecule has 1 amide bonds. The molecule has 25 heavy (non-hydrogen) atoms. The maximum Gasteiger partial charge on any atom is 0.347 e. The molecule has 6 heteroatoms. The minimum atomic E-state index is -1.03. The predicted molar refractivity (Wildman–Crippen MR) is 91.9 cm³/mol. The summed E-state index contributed by atoms with van der Waals surface area (Å²) in [5.41, 5.74) is 0.696. The van der Waals surface area contributed by atoms with Crippen molar-refractivity contribution < 1.29 is 19.1 Å². The fourth-order valence-corrected chi connectivity index (χ4v) is 2.00. The standard InChI is InChI=1S/C19H18N2O4/c1-13(18(22)21-17-11-7-6-8-15(17)12-20)25-19(23)14(2)24-16-9-4-3-5-10-16/h3-11,13-14H,1-2H3,(H,21,22)/t13-,14+/m0/s1. The van der Waals surface area contributed by atoms with Gasteiger partial charge >= 0.3 is 5.97 Å². The number of para-hydroxylation sites is 2. The molecule has 0 aliphatic heterocycles. The number of carbonyl (C=O) groups excluding carboxylic acids is 2. The highest BCUT2D eigenvalue weighted by Gasteiger charge is 2.23. The molecule has 128 valence electrons. The van der Waals surface area contributed by atoms with E-state index in [0.29, 0.717) is 17.0 Å². The summed E-state index contributed by atoms with van der Waals surface area (Å²) < 4.78 is 10.6. The molecule has 2 aromatic carbocycles. The summed E-state index contributed by atoms with van der Waals surface area (Å²) in [4.78, 5) is 24.2. The van der Waals surface area contributed by atoms with Crippen LogP contribution in [0.1, 0.15) is 19.4 Å². The molecule has 0 saturated carbocycles. The summed E-state index contributed by atoms with van der Waals surface area (Å²) in [6.07, 6.45) is -1.88. The molecule has 2 aromatic rings. The van der Waals surface area contributed by atoms with Crippen molar-refractivity contribution in [1.29, 1.82) is 5.26 Å². The second-order valence-electron chi connectivity index (χ2n) is 5.30. The first-order valence-corrected chi connectivity index (χ1v) is 7.73. The first-order valence-electron chi connectivity index (χ1n) is 7.73. The summed E-state index contributed by atoms with van der Waals surface area (Å²) in [6, 6.07) is 17.4. The zero-order valence-electron chi connectivity index (χ0n) is 13.9.